The first kappa shape index (κ1) is 18.3. The van der Waals surface area contributed by atoms with E-state index in [2.05, 4.69) is 19.2 Å². The number of aliphatic hydroxyl groups is 4. The van der Waals surface area contributed by atoms with Crippen molar-refractivity contribution >= 4 is 5.78 Å². The van der Waals surface area contributed by atoms with Crippen molar-refractivity contribution in [3.63, 3.8) is 0 Å². The van der Waals surface area contributed by atoms with Gasteiger partial charge in [0.25, 0.3) is 0 Å². The minimum atomic E-state index is -1.68. The molecule has 0 radical (unpaired) electrons. The maximum absolute atomic E-state index is 12.2. The van der Waals surface area contributed by atoms with Crippen LogP contribution in [0, 0.1) is 16.7 Å². The molecule has 0 aliphatic heterocycles. The molecule has 4 fully saturated rings. The van der Waals surface area contributed by atoms with Crippen LogP contribution in [0.2, 0.25) is 0 Å². The summed E-state index contributed by atoms with van der Waals surface area (Å²) in [6.45, 7) is 3.99. The monoisotopic (exact) mass is 341 g/mol. The fourth-order valence-corrected chi connectivity index (χ4v) is 6.53. The van der Waals surface area contributed by atoms with E-state index in [0.29, 0.717) is 16.7 Å². The zero-order valence-electron chi connectivity index (χ0n) is 14.7. The van der Waals surface area contributed by atoms with Crippen molar-refractivity contribution in [3.8, 4) is 0 Å². The lowest BCUT2D eigenvalue weighted by atomic mass is 9.43. The van der Waals surface area contributed by atoms with Crippen LogP contribution in [-0.2, 0) is 4.79 Å². The summed E-state index contributed by atoms with van der Waals surface area (Å²) >= 11 is 0. The molecule has 2 unspecified atom stereocenters. The van der Waals surface area contributed by atoms with E-state index < -0.39 is 30.7 Å². The Morgan fingerprint density at radius 1 is 1.08 bits per heavy atom. The van der Waals surface area contributed by atoms with Gasteiger partial charge in [0.2, 0.25) is 0 Å². The van der Waals surface area contributed by atoms with E-state index >= 15 is 0 Å². The molecule has 0 aromatic rings. The third-order valence-corrected chi connectivity index (χ3v) is 6.50. The molecular weight excluding hydrogens is 310 g/mol. The summed E-state index contributed by atoms with van der Waals surface area (Å²) < 4.78 is 0. The van der Waals surface area contributed by atoms with Crippen LogP contribution in [0.4, 0.5) is 0 Å². The summed E-state index contributed by atoms with van der Waals surface area (Å²) in [5.74, 6) is 0.159. The standard InChI is InChI=1S/C18H31NO5/c1-16-3-11-4-17(2,8-16)10-18(5-11,9-16)19-6-12(21)14(23)15(24)13(22)7-20/h11,13-15,19-20,22-24H,3-10H2,1-2H3/t11?,13-,14-,15+,16?,17?,18?/m1/s1. The molecule has 0 aromatic heterocycles. The van der Waals surface area contributed by atoms with Gasteiger partial charge in [0.15, 0.2) is 5.78 Å². The predicted molar refractivity (Wildman–Crippen MR) is 88.3 cm³/mol. The lowest BCUT2D eigenvalue weighted by molar-refractivity contribution is -0.143. The van der Waals surface area contributed by atoms with Gasteiger partial charge < -0.3 is 25.7 Å². The van der Waals surface area contributed by atoms with Gasteiger partial charge in [-0.1, -0.05) is 13.8 Å². The van der Waals surface area contributed by atoms with Gasteiger partial charge in [0, 0.05) is 5.54 Å². The second-order valence-electron chi connectivity index (χ2n) is 9.42. The number of hydrogen-bond donors (Lipinski definition) is 5. The Labute approximate surface area is 143 Å². The maximum Gasteiger partial charge on any atom is 0.177 e. The molecule has 24 heavy (non-hydrogen) atoms. The molecule has 0 amide bonds. The molecule has 5 atom stereocenters. The lowest BCUT2D eigenvalue weighted by Gasteiger charge is -2.65. The number of carbonyl (C=O) groups excluding carboxylic acids is 1. The van der Waals surface area contributed by atoms with E-state index in [0.717, 1.165) is 19.3 Å². The van der Waals surface area contributed by atoms with Gasteiger partial charge in [-0.2, -0.15) is 0 Å². The summed E-state index contributed by atoms with van der Waals surface area (Å²) in [5.41, 5.74) is 0.601. The van der Waals surface area contributed by atoms with E-state index in [9.17, 15) is 20.1 Å². The first-order valence-corrected chi connectivity index (χ1v) is 9.02. The van der Waals surface area contributed by atoms with Gasteiger partial charge in [-0.3, -0.25) is 4.79 Å². The summed E-state index contributed by atoms with van der Waals surface area (Å²) in [6.07, 6.45) is 2.11. The van der Waals surface area contributed by atoms with E-state index in [1.165, 1.54) is 19.3 Å². The molecule has 6 heteroatoms. The molecule has 0 aromatic carbocycles. The van der Waals surface area contributed by atoms with Crippen molar-refractivity contribution < 1.29 is 25.2 Å². The van der Waals surface area contributed by atoms with Crippen LogP contribution in [0.25, 0.3) is 0 Å². The van der Waals surface area contributed by atoms with Crippen molar-refractivity contribution in [2.24, 2.45) is 16.7 Å². The molecule has 5 N–H and O–H groups in total. The zero-order chi connectivity index (χ0) is 17.8. The minimum Gasteiger partial charge on any atom is -0.394 e. The molecule has 0 heterocycles. The van der Waals surface area contributed by atoms with Crippen LogP contribution in [0.1, 0.15) is 52.4 Å². The quantitative estimate of drug-likeness (QED) is 0.445. The normalized spacial score (nSPS) is 44.3. The molecular formula is C18H31NO5. The van der Waals surface area contributed by atoms with Crippen LogP contribution < -0.4 is 5.32 Å². The Bertz CT molecular complexity index is 492. The number of Topliss-reactive ketones (excluding diaryl/α,β-unsaturated/α-hetero) is 1. The van der Waals surface area contributed by atoms with Gasteiger partial charge in [-0.15, -0.1) is 0 Å². The summed E-state index contributed by atoms with van der Waals surface area (Å²) in [5, 5.41) is 41.2. The zero-order valence-corrected chi connectivity index (χ0v) is 14.7. The number of ketones is 1. The molecule has 0 spiro atoms. The lowest BCUT2D eigenvalue weighted by Crippen LogP contribution is -2.65. The van der Waals surface area contributed by atoms with E-state index in [1.807, 2.05) is 0 Å². The largest absolute Gasteiger partial charge is 0.394 e. The first-order chi connectivity index (χ1) is 11.1. The van der Waals surface area contributed by atoms with E-state index in [-0.39, 0.29) is 12.1 Å². The Balaban J connectivity index is 1.63. The Hall–Kier alpha value is -0.530. The summed E-state index contributed by atoms with van der Waals surface area (Å²) in [6, 6.07) is 0. The van der Waals surface area contributed by atoms with Gasteiger partial charge in [0.1, 0.15) is 18.3 Å². The van der Waals surface area contributed by atoms with Gasteiger partial charge in [-0.25, -0.2) is 0 Å². The Morgan fingerprint density at radius 2 is 1.67 bits per heavy atom. The highest BCUT2D eigenvalue weighted by molar-refractivity contribution is 5.85. The number of carbonyl (C=O) groups is 1. The van der Waals surface area contributed by atoms with Gasteiger partial charge >= 0.3 is 0 Å². The van der Waals surface area contributed by atoms with Crippen LogP contribution >= 0.6 is 0 Å². The fraction of sp³-hybridized carbons (Fsp3) is 0.944. The highest BCUT2D eigenvalue weighted by Gasteiger charge is 2.60. The van der Waals surface area contributed by atoms with Crippen LogP contribution in [0.3, 0.4) is 0 Å². The van der Waals surface area contributed by atoms with E-state index in [4.69, 9.17) is 5.11 Å². The first-order valence-electron chi connectivity index (χ1n) is 9.02. The highest BCUT2D eigenvalue weighted by Crippen LogP contribution is 2.66. The minimum absolute atomic E-state index is 0.0186. The second-order valence-corrected chi connectivity index (χ2v) is 9.42. The maximum atomic E-state index is 12.2. The average Bonchev–Trinajstić information content (AvgIpc) is 2.46. The Kier molecular flexibility index (Phi) is 4.58. The number of rotatable bonds is 7. The Morgan fingerprint density at radius 3 is 2.17 bits per heavy atom. The molecule has 6 nitrogen and oxygen atoms in total. The van der Waals surface area contributed by atoms with Crippen molar-refractivity contribution in [2.45, 2.75) is 76.2 Å². The topological polar surface area (TPSA) is 110 Å². The number of hydrogen-bond acceptors (Lipinski definition) is 6. The molecule has 4 rings (SSSR count). The summed E-state index contributed by atoms with van der Waals surface area (Å²) in [7, 11) is 0. The number of nitrogens with one attached hydrogen (secondary N) is 1. The van der Waals surface area contributed by atoms with E-state index in [1.54, 1.807) is 0 Å². The SMILES string of the molecule is CC12CC3CC(C)(C1)CC(NCC(=O)[C@@H](O)[C@@H](O)[C@H](O)CO)(C3)C2. The van der Waals surface area contributed by atoms with Crippen molar-refractivity contribution in [2.75, 3.05) is 13.2 Å². The van der Waals surface area contributed by atoms with Crippen molar-refractivity contribution in [1.29, 1.82) is 0 Å². The van der Waals surface area contributed by atoms with Crippen molar-refractivity contribution in [1.82, 2.24) is 5.32 Å². The second kappa shape index (κ2) is 6.02. The highest BCUT2D eigenvalue weighted by atomic mass is 16.4. The third kappa shape index (κ3) is 3.27. The number of aliphatic hydroxyl groups excluding tert-OH is 4. The van der Waals surface area contributed by atoms with Gasteiger partial charge in [0.05, 0.1) is 13.2 Å². The fourth-order valence-electron chi connectivity index (χ4n) is 6.53. The van der Waals surface area contributed by atoms with Crippen LogP contribution in [0.5, 0.6) is 0 Å². The van der Waals surface area contributed by atoms with Crippen LogP contribution in [0.15, 0.2) is 0 Å². The smallest absolute Gasteiger partial charge is 0.177 e. The predicted octanol–water partition coefficient (Wildman–Crippen LogP) is -0.0309. The molecule has 4 aliphatic rings. The van der Waals surface area contributed by atoms with Crippen molar-refractivity contribution in [3.05, 3.63) is 0 Å². The molecule has 4 bridgehead atoms. The van der Waals surface area contributed by atoms with Crippen LogP contribution in [-0.4, -0.2) is 63.2 Å². The average molecular weight is 341 g/mol. The summed E-state index contributed by atoms with van der Waals surface area (Å²) in [4.78, 5) is 12.2. The molecule has 4 aliphatic carbocycles. The molecule has 4 saturated carbocycles. The third-order valence-electron chi connectivity index (χ3n) is 6.50. The van der Waals surface area contributed by atoms with Gasteiger partial charge in [-0.05, 0) is 55.3 Å². The molecule has 138 valence electrons. The molecule has 0 saturated heterocycles.